The fourth-order valence-corrected chi connectivity index (χ4v) is 3.61. The highest BCUT2D eigenvalue weighted by molar-refractivity contribution is 8.00. The summed E-state index contributed by atoms with van der Waals surface area (Å²) in [7, 11) is 0. The number of amides is 1. The third-order valence-corrected chi connectivity index (χ3v) is 5.41. The van der Waals surface area contributed by atoms with Gasteiger partial charge in [-0.15, -0.1) is 0 Å². The second kappa shape index (κ2) is 6.95. The quantitative estimate of drug-likeness (QED) is 0.573. The van der Waals surface area contributed by atoms with Gasteiger partial charge in [-0.25, -0.2) is 0 Å². The van der Waals surface area contributed by atoms with Crippen LogP contribution in [0.15, 0.2) is 18.5 Å². The Balaban J connectivity index is 2.00. The number of aromatic nitrogens is 1. The molecule has 4 N–H and O–H groups in total. The standard InChI is InChI=1S/C14H22N4OS/c1-20-14(6-3-2-4-7-14)10-17-13(19)11-5-8-16-9-12(11)18-15/h5,8-9,18H,2-4,6-7,10,15H2,1H3,(H,17,19). The molecule has 1 aromatic rings. The van der Waals surface area contributed by atoms with Crippen molar-refractivity contribution in [3.8, 4) is 0 Å². The molecule has 1 fully saturated rings. The van der Waals surface area contributed by atoms with Gasteiger partial charge in [0.25, 0.3) is 5.91 Å². The molecule has 0 aromatic carbocycles. The van der Waals surface area contributed by atoms with Gasteiger partial charge in [-0.1, -0.05) is 19.3 Å². The minimum absolute atomic E-state index is 0.0978. The second-order valence-electron chi connectivity index (χ2n) is 5.20. The van der Waals surface area contributed by atoms with Crippen LogP contribution >= 0.6 is 11.8 Å². The van der Waals surface area contributed by atoms with Crippen LogP contribution in [0.2, 0.25) is 0 Å². The summed E-state index contributed by atoms with van der Waals surface area (Å²) in [6, 6.07) is 1.68. The summed E-state index contributed by atoms with van der Waals surface area (Å²) >= 11 is 1.87. The Morgan fingerprint density at radius 2 is 2.20 bits per heavy atom. The van der Waals surface area contributed by atoms with Crippen molar-refractivity contribution in [1.82, 2.24) is 10.3 Å². The number of nitrogens with one attached hydrogen (secondary N) is 2. The Morgan fingerprint density at radius 1 is 1.45 bits per heavy atom. The zero-order chi connectivity index (χ0) is 14.4. The predicted octanol–water partition coefficient (Wildman–Crippen LogP) is 2.16. The molecule has 0 spiro atoms. The number of nitrogens with zero attached hydrogens (tertiary/aromatic N) is 1. The summed E-state index contributed by atoms with van der Waals surface area (Å²) in [5.74, 6) is 5.31. The SMILES string of the molecule is CSC1(CNC(=O)c2ccncc2NN)CCCCC1. The minimum atomic E-state index is -0.0978. The molecule has 1 heterocycles. The van der Waals surface area contributed by atoms with Gasteiger partial charge in [0.2, 0.25) is 0 Å². The first-order valence-corrected chi connectivity index (χ1v) is 8.17. The largest absolute Gasteiger partial charge is 0.351 e. The molecular weight excluding hydrogens is 272 g/mol. The number of hydrogen-bond acceptors (Lipinski definition) is 5. The van der Waals surface area contributed by atoms with E-state index in [4.69, 9.17) is 5.84 Å². The van der Waals surface area contributed by atoms with Crippen molar-refractivity contribution in [2.75, 3.05) is 18.2 Å². The summed E-state index contributed by atoms with van der Waals surface area (Å²) in [6.45, 7) is 0.708. The van der Waals surface area contributed by atoms with Crippen LogP contribution in [0.4, 0.5) is 5.69 Å². The number of pyridine rings is 1. The normalized spacial score (nSPS) is 17.5. The van der Waals surface area contributed by atoms with Crippen molar-refractivity contribution in [2.24, 2.45) is 5.84 Å². The lowest BCUT2D eigenvalue weighted by atomic mass is 9.88. The third kappa shape index (κ3) is 3.43. The van der Waals surface area contributed by atoms with E-state index in [9.17, 15) is 4.79 Å². The van der Waals surface area contributed by atoms with Gasteiger partial charge in [0.05, 0.1) is 17.4 Å². The Kier molecular flexibility index (Phi) is 5.25. The smallest absolute Gasteiger partial charge is 0.253 e. The van der Waals surface area contributed by atoms with Crippen molar-refractivity contribution in [2.45, 2.75) is 36.9 Å². The van der Waals surface area contributed by atoms with Gasteiger partial charge in [-0.3, -0.25) is 15.6 Å². The molecule has 0 unspecified atom stereocenters. The van der Waals surface area contributed by atoms with Crippen molar-refractivity contribution in [1.29, 1.82) is 0 Å². The third-order valence-electron chi connectivity index (χ3n) is 3.99. The molecule has 0 radical (unpaired) electrons. The molecule has 1 saturated carbocycles. The average molecular weight is 294 g/mol. The van der Waals surface area contributed by atoms with E-state index in [-0.39, 0.29) is 10.7 Å². The molecule has 1 aliphatic carbocycles. The summed E-state index contributed by atoms with van der Waals surface area (Å²) < 4.78 is 0.192. The van der Waals surface area contributed by atoms with Crippen LogP contribution in [0.1, 0.15) is 42.5 Å². The fraction of sp³-hybridized carbons (Fsp3) is 0.571. The summed E-state index contributed by atoms with van der Waals surface area (Å²) in [4.78, 5) is 16.2. The molecule has 1 amide bonds. The van der Waals surface area contributed by atoms with Gasteiger partial charge in [-0.2, -0.15) is 11.8 Å². The van der Waals surface area contributed by atoms with E-state index in [1.807, 2.05) is 11.8 Å². The van der Waals surface area contributed by atoms with Crippen LogP contribution in [-0.4, -0.2) is 28.4 Å². The van der Waals surface area contributed by atoms with E-state index in [0.717, 1.165) is 0 Å². The molecule has 20 heavy (non-hydrogen) atoms. The number of anilines is 1. The number of carbonyl (C=O) groups is 1. The number of hydrogen-bond donors (Lipinski definition) is 3. The molecule has 2 rings (SSSR count). The average Bonchev–Trinajstić information content (AvgIpc) is 2.53. The predicted molar refractivity (Wildman–Crippen MR) is 83.7 cm³/mol. The maximum Gasteiger partial charge on any atom is 0.253 e. The Bertz CT molecular complexity index is 460. The highest BCUT2D eigenvalue weighted by atomic mass is 32.2. The van der Waals surface area contributed by atoms with Crippen LogP contribution in [0.25, 0.3) is 0 Å². The van der Waals surface area contributed by atoms with Gasteiger partial charge in [0, 0.05) is 17.5 Å². The molecular formula is C14H22N4OS. The van der Waals surface area contributed by atoms with Gasteiger partial charge >= 0.3 is 0 Å². The Labute approximate surface area is 124 Å². The lowest BCUT2D eigenvalue weighted by Crippen LogP contribution is -2.42. The van der Waals surface area contributed by atoms with Crippen LogP contribution in [0, 0.1) is 0 Å². The second-order valence-corrected chi connectivity index (χ2v) is 6.47. The molecule has 0 aliphatic heterocycles. The van der Waals surface area contributed by atoms with E-state index >= 15 is 0 Å². The number of rotatable bonds is 5. The summed E-state index contributed by atoms with van der Waals surface area (Å²) in [5, 5.41) is 3.05. The van der Waals surface area contributed by atoms with E-state index < -0.39 is 0 Å². The van der Waals surface area contributed by atoms with Crippen LogP contribution < -0.4 is 16.6 Å². The van der Waals surface area contributed by atoms with E-state index in [1.165, 1.54) is 32.1 Å². The maximum absolute atomic E-state index is 12.3. The summed E-state index contributed by atoms with van der Waals surface area (Å²) in [5.41, 5.74) is 3.59. The van der Waals surface area contributed by atoms with Gasteiger partial charge < -0.3 is 10.7 Å². The molecule has 0 saturated heterocycles. The minimum Gasteiger partial charge on any atom is -0.351 e. The van der Waals surface area contributed by atoms with Gasteiger partial charge in [0.1, 0.15) is 0 Å². The van der Waals surface area contributed by atoms with E-state index in [0.29, 0.717) is 17.8 Å². The number of nitrogens with two attached hydrogens (primary N) is 1. The lowest BCUT2D eigenvalue weighted by molar-refractivity contribution is 0.0947. The van der Waals surface area contributed by atoms with Crippen molar-refractivity contribution >= 4 is 23.4 Å². The van der Waals surface area contributed by atoms with Crippen molar-refractivity contribution < 1.29 is 4.79 Å². The molecule has 110 valence electrons. The van der Waals surface area contributed by atoms with Gasteiger partial charge in [0.15, 0.2) is 0 Å². The number of thioether (sulfide) groups is 1. The first-order valence-electron chi connectivity index (χ1n) is 6.95. The first kappa shape index (κ1) is 15.1. The lowest BCUT2D eigenvalue weighted by Gasteiger charge is -2.35. The van der Waals surface area contributed by atoms with Crippen LogP contribution in [0.5, 0.6) is 0 Å². The Morgan fingerprint density at radius 3 is 2.85 bits per heavy atom. The van der Waals surface area contributed by atoms with Crippen molar-refractivity contribution in [3.05, 3.63) is 24.0 Å². The molecule has 0 atom stereocenters. The Hall–Kier alpha value is -1.27. The van der Waals surface area contributed by atoms with E-state index in [2.05, 4.69) is 22.0 Å². The highest BCUT2D eigenvalue weighted by Crippen LogP contribution is 2.38. The maximum atomic E-state index is 12.3. The first-order chi connectivity index (χ1) is 9.71. The zero-order valence-electron chi connectivity index (χ0n) is 11.8. The van der Waals surface area contributed by atoms with Gasteiger partial charge in [-0.05, 0) is 25.2 Å². The monoisotopic (exact) mass is 294 g/mol. The van der Waals surface area contributed by atoms with Crippen LogP contribution in [-0.2, 0) is 0 Å². The molecule has 0 bridgehead atoms. The number of carbonyl (C=O) groups excluding carboxylic acids is 1. The number of nitrogen functional groups attached to an aromatic ring is 1. The molecule has 5 nitrogen and oxygen atoms in total. The number of hydrazine groups is 1. The molecule has 1 aromatic heterocycles. The van der Waals surface area contributed by atoms with E-state index in [1.54, 1.807) is 18.5 Å². The fourth-order valence-electron chi connectivity index (χ4n) is 2.69. The zero-order valence-corrected chi connectivity index (χ0v) is 12.6. The highest BCUT2D eigenvalue weighted by Gasteiger charge is 2.31. The molecule has 1 aliphatic rings. The van der Waals surface area contributed by atoms with Crippen LogP contribution in [0.3, 0.4) is 0 Å². The topological polar surface area (TPSA) is 80.0 Å². The van der Waals surface area contributed by atoms with Crippen molar-refractivity contribution in [3.63, 3.8) is 0 Å². The molecule has 6 heteroatoms. The summed E-state index contributed by atoms with van der Waals surface area (Å²) in [6.07, 6.45) is 11.4.